The molecule has 1 fully saturated rings. The van der Waals surface area contributed by atoms with Crippen LogP contribution < -0.4 is 0 Å². The molecule has 0 aromatic heterocycles. The lowest BCUT2D eigenvalue weighted by Gasteiger charge is -2.46. The summed E-state index contributed by atoms with van der Waals surface area (Å²) in [6.07, 6.45) is 3.08. The second kappa shape index (κ2) is 13.1. The summed E-state index contributed by atoms with van der Waals surface area (Å²) >= 11 is 0. The van der Waals surface area contributed by atoms with E-state index in [0.717, 1.165) is 25.3 Å². The van der Waals surface area contributed by atoms with Crippen molar-refractivity contribution in [3.63, 3.8) is 0 Å². The summed E-state index contributed by atoms with van der Waals surface area (Å²) in [5.41, 5.74) is 1.04. The van der Waals surface area contributed by atoms with Crippen LogP contribution in [0.2, 0.25) is 6.04 Å². The molecule has 0 bridgehead atoms. The van der Waals surface area contributed by atoms with Gasteiger partial charge in [-0.25, -0.2) is 0 Å². The van der Waals surface area contributed by atoms with Crippen LogP contribution >= 0.6 is 0 Å². The number of hydrogen-bond donors (Lipinski definition) is 0. The van der Waals surface area contributed by atoms with Crippen molar-refractivity contribution < 1.29 is 31.6 Å². The average molecular weight is 411 g/mol. The summed E-state index contributed by atoms with van der Waals surface area (Å²) in [6, 6.07) is 0.932. The minimum Gasteiger partial charge on any atom is -0.395 e. The molecule has 7 nitrogen and oxygen atoms in total. The van der Waals surface area contributed by atoms with Crippen molar-refractivity contribution in [1.82, 2.24) is 0 Å². The van der Waals surface area contributed by atoms with E-state index in [4.69, 9.17) is 31.6 Å². The van der Waals surface area contributed by atoms with Gasteiger partial charge in [-0.3, -0.25) is 0 Å². The smallest absolute Gasteiger partial charge is 0.395 e. The highest BCUT2D eigenvalue weighted by Gasteiger charge is 2.60. The van der Waals surface area contributed by atoms with Gasteiger partial charge in [-0.05, 0) is 38.9 Å². The van der Waals surface area contributed by atoms with Gasteiger partial charge in [-0.15, -0.1) is 0 Å². The van der Waals surface area contributed by atoms with Crippen LogP contribution in [0.5, 0.6) is 0 Å². The minimum atomic E-state index is -2.51. The van der Waals surface area contributed by atoms with Crippen molar-refractivity contribution >= 4 is 17.4 Å². The van der Waals surface area contributed by atoms with Crippen molar-refractivity contribution in [2.75, 3.05) is 48.3 Å². The molecule has 0 aromatic carbocycles. The predicted octanol–water partition coefficient (Wildman–Crippen LogP) is 3.19. The topological polar surface area (TPSA) is 64.6 Å². The minimum absolute atomic E-state index is 0.595. The van der Waals surface area contributed by atoms with Gasteiger partial charge < -0.3 is 31.6 Å². The zero-order valence-electron chi connectivity index (χ0n) is 17.6. The zero-order chi connectivity index (χ0) is 20.1. The molecule has 0 radical (unpaired) electrons. The van der Waals surface area contributed by atoms with Crippen molar-refractivity contribution in [2.24, 2.45) is 0 Å². The molecule has 0 amide bonds. The Morgan fingerprint density at radius 3 is 1.62 bits per heavy atom. The van der Waals surface area contributed by atoms with Gasteiger partial charge in [0.15, 0.2) is 0 Å². The van der Waals surface area contributed by atoms with E-state index in [0.29, 0.717) is 19.8 Å². The number of hydrogen-bond acceptors (Lipinski definition) is 7. The maximum Gasteiger partial charge on any atom is 0.528 e. The lowest BCUT2D eigenvalue weighted by atomic mass is 10.2. The largest absolute Gasteiger partial charge is 0.528 e. The van der Waals surface area contributed by atoms with Crippen LogP contribution in [-0.2, 0) is 31.6 Å². The number of methoxy groups -OCH3 is 2. The third-order valence-electron chi connectivity index (χ3n) is 4.45. The van der Waals surface area contributed by atoms with E-state index in [1.54, 1.807) is 34.1 Å². The SMILES string of the molecule is C=C[Si](OCC)(OCC)OCC.COC1(OC)CCCC[Si]1(OC)OC. The molecule has 9 heteroatoms. The monoisotopic (exact) mass is 410 g/mol. The Hall–Kier alpha value is -0.106. The van der Waals surface area contributed by atoms with Crippen LogP contribution in [0.4, 0.5) is 0 Å². The molecule has 0 atom stereocenters. The average Bonchev–Trinajstić information content (AvgIpc) is 2.68. The van der Waals surface area contributed by atoms with Crippen molar-refractivity contribution in [3.05, 3.63) is 12.3 Å². The third-order valence-corrected chi connectivity index (χ3v) is 11.2. The Morgan fingerprint density at radius 2 is 1.35 bits per heavy atom. The molecule has 1 heterocycles. The highest BCUT2D eigenvalue weighted by molar-refractivity contribution is 6.70. The summed E-state index contributed by atoms with van der Waals surface area (Å²) in [7, 11) is 1.84. The standard InChI is InChI=1S/C9H20O4Si.C8H18O3Si/c1-10-9(11-2)7-5-6-8-14(9,12-3)13-4;1-5-9-12(8-4,10-6-2)11-7-3/h5-8H2,1-4H3;8H,4-7H2,1-3H3. The highest BCUT2D eigenvalue weighted by atomic mass is 28.4. The molecular weight excluding hydrogens is 372 g/mol. The van der Waals surface area contributed by atoms with Gasteiger partial charge in [0.2, 0.25) is 5.41 Å². The summed E-state index contributed by atoms with van der Waals surface area (Å²) in [5.74, 6) is 0. The summed E-state index contributed by atoms with van der Waals surface area (Å²) in [5, 5.41) is 0. The first kappa shape index (κ1) is 25.9. The first-order valence-electron chi connectivity index (χ1n) is 9.20. The summed E-state index contributed by atoms with van der Waals surface area (Å²) in [4.78, 5) is 0. The van der Waals surface area contributed by atoms with Gasteiger partial charge in [0, 0.05) is 54.7 Å². The molecule has 0 aliphatic carbocycles. The van der Waals surface area contributed by atoms with Gasteiger partial charge in [-0.1, -0.05) is 13.0 Å². The van der Waals surface area contributed by atoms with Crippen LogP contribution in [0.15, 0.2) is 12.3 Å². The Kier molecular flexibility index (Phi) is 13.1. The fourth-order valence-corrected chi connectivity index (χ4v) is 8.48. The van der Waals surface area contributed by atoms with E-state index in [1.165, 1.54) is 0 Å². The van der Waals surface area contributed by atoms with Crippen LogP contribution in [0, 0.1) is 0 Å². The molecule has 0 N–H and O–H groups in total. The van der Waals surface area contributed by atoms with E-state index in [-0.39, 0.29) is 0 Å². The first-order valence-corrected chi connectivity index (χ1v) is 13.0. The van der Waals surface area contributed by atoms with Gasteiger partial charge in [0.05, 0.1) is 0 Å². The third kappa shape index (κ3) is 6.21. The Morgan fingerprint density at radius 1 is 0.885 bits per heavy atom. The van der Waals surface area contributed by atoms with E-state index in [1.807, 2.05) is 20.8 Å². The molecule has 0 spiro atoms. The maximum atomic E-state index is 5.59. The molecule has 26 heavy (non-hydrogen) atoms. The van der Waals surface area contributed by atoms with Gasteiger partial charge in [-0.2, -0.15) is 0 Å². The quantitative estimate of drug-likeness (QED) is 0.383. The van der Waals surface area contributed by atoms with Crippen LogP contribution in [0.3, 0.4) is 0 Å². The molecular formula is C17H38O7Si2. The molecule has 1 aliphatic heterocycles. The maximum absolute atomic E-state index is 5.59. The van der Waals surface area contributed by atoms with Crippen LogP contribution in [0.1, 0.15) is 40.0 Å². The molecule has 1 saturated heterocycles. The van der Waals surface area contributed by atoms with E-state index >= 15 is 0 Å². The molecule has 0 saturated carbocycles. The van der Waals surface area contributed by atoms with E-state index < -0.39 is 22.8 Å². The van der Waals surface area contributed by atoms with Crippen molar-refractivity contribution in [3.8, 4) is 0 Å². The Labute approximate surface area is 161 Å². The van der Waals surface area contributed by atoms with Crippen LogP contribution in [0.25, 0.3) is 0 Å². The highest BCUT2D eigenvalue weighted by Crippen LogP contribution is 2.40. The molecule has 156 valence electrons. The molecule has 1 aliphatic rings. The van der Waals surface area contributed by atoms with Crippen LogP contribution in [-0.4, -0.2) is 71.0 Å². The first-order chi connectivity index (χ1) is 12.4. The normalized spacial score (nSPS) is 18.7. The number of ether oxygens (including phenoxy) is 2. The predicted molar refractivity (Wildman–Crippen MR) is 106 cm³/mol. The van der Waals surface area contributed by atoms with Gasteiger partial charge in [0.1, 0.15) is 0 Å². The Bertz CT molecular complexity index is 337. The lowest BCUT2D eigenvalue weighted by Crippen LogP contribution is -2.65. The van der Waals surface area contributed by atoms with Crippen molar-refractivity contribution in [1.29, 1.82) is 0 Å². The summed E-state index contributed by atoms with van der Waals surface area (Å²) < 4.78 is 38.5. The lowest BCUT2D eigenvalue weighted by molar-refractivity contribution is -0.183. The summed E-state index contributed by atoms with van der Waals surface area (Å²) in [6.45, 7) is 11.2. The number of rotatable bonds is 11. The molecule has 0 aromatic rings. The fourth-order valence-electron chi connectivity index (χ4n) is 3.20. The van der Waals surface area contributed by atoms with E-state index in [9.17, 15) is 0 Å². The molecule has 1 rings (SSSR count). The zero-order valence-corrected chi connectivity index (χ0v) is 19.6. The fraction of sp³-hybridized carbons (Fsp3) is 0.882. The van der Waals surface area contributed by atoms with Gasteiger partial charge >= 0.3 is 17.4 Å². The van der Waals surface area contributed by atoms with E-state index in [2.05, 4.69) is 6.58 Å². The van der Waals surface area contributed by atoms with Gasteiger partial charge in [0.25, 0.3) is 0 Å². The second-order valence-corrected chi connectivity index (χ2v) is 11.7. The molecule has 0 unspecified atom stereocenters. The second-order valence-electron chi connectivity index (χ2n) is 5.64. The Balaban J connectivity index is 0.000000488. The van der Waals surface area contributed by atoms with Crippen molar-refractivity contribution in [2.45, 2.75) is 51.5 Å².